The number of hydrogen-bond donors (Lipinski definition) is 4. The van der Waals surface area contributed by atoms with Gasteiger partial charge in [0.05, 0.1) is 6.10 Å². The second-order valence-corrected chi connectivity index (χ2v) is 2.75. The Morgan fingerprint density at radius 2 is 1.91 bits per heavy atom. The zero-order chi connectivity index (χ0) is 8.59. The largest absolute Gasteiger partial charge is 0.480 e. The average molecular weight is 161 g/mol. The molecule has 1 saturated heterocycles. The van der Waals surface area contributed by atoms with Gasteiger partial charge in [0.1, 0.15) is 12.1 Å². The smallest absolute Gasteiger partial charge is 0.323 e. The summed E-state index contributed by atoms with van der Waals surface area (Å²) >= 11 is 0. The van der Waals surface area contributed by atoms with Crippen LogP contribution in [-0.2, 0) is 4.79 Å². The van der Waals surface area contributed by atoms with Crippen molar-refractivity contribution in [1.29, 1.82) is 0 Å². The summed E-state index contributed by atoms with van der Waals surface area (Å²) in [6.07, 6.45) is -2.20. The standard InChI is InChI=1S/C6H11NO4/c1-2-4(8)5(9)3(7-2)6(10)11/h2-5,7-9H,1H3,(H,10,11)/t2-,3-,4-,5+/m0/s1. The number of carboxylic acid groups (broad SMARTS) is 1. The molecule has 1 aliphatic rings. The Balaban J connectivity index is 2.67. The van der Waals surface area contributed by atoms with Gasteiger partial charge in [-0.15, -0.1) is 0 Å². The molecular weight excluding hydrogens is 150 g/mol. The average Bonchev–Trinajstić information content (AvgIpc) is 2.17. The summed E-state index contributed by atoms with van der Waals surface area (Å²) in [5.74, 6) is -1.14. The van der Waals surface area contributed by atoms with E-state index < -0.39 is 24.2 Å². The topological polar surface area (TPSA) is 89.8 Å². The van der Waals surface area contributed by atoms with Crippen molar-refractivity contribution >= 4 is 5.97 Å². The number of rotatable bonds is 1. The minimum atomic E-state index is -1.21. The Morgan fingerprint density at radius 3 is 2.09 bits per heavy atom. The van der Waals surface area contributed by atoms with Crippen LogP contribution in [0.4, 0.5) is 0 Å². The summed E-state index contributed by atoms with van der Waals surface area (Å²) in [6, 6.07) is -1.41. The minimum absolute atomic E-state index is 0.369. The fourth-order valence-electron chi connectivity index (χ4n) is 1.19. The third kappa shape index (κ3) is 1.35. The maximum absolute atomic E-state index is 10.4. The molecule has 0 amide bonds. The molecule has 5 heteroatoms. The van der Waals surface area contributed by atoms with Crippen LogP contribution in [-0.4, -0.2) is 45.6 Å². The van der Waals surface area contributed by atoms with E-state index in [1.54, 1.807) is 6.92 Å². The highest BCUT2D eigenvalue weighted by Gasteiger charge is 2.42. The number of aliphatic hydroxyl groups excluding tert-OH is 2. The van der Waals surface area contributed by atoms with E-state index in [0.29, 0.717) is 0 Å². The first-order valence-corrected chi connectivity index (χ1v) is 3.39. The lowest BCUT2D eigenvalue weighted by molar-refractivity contribution is -0.142. The lowest BCUT2D eigenvalue weighted by Crippen LogP contribution is -2.40. The monoisotopic (exact) mass is 161 g/mol. The van der Waals surface area contributed by atoms with Crippen molar-refractivity contribution in [2.45, 2.75) is 31.2 Å². The molecule has 64 valence electrons. The van der Waals surface area contributed by atoms with Gasteiger partial charge in [0, 0.05) is 6.04 Å². The lowest BCUT2D eigenvalue weighted by Gasteiger charge is -2.10. The van der Waals surface area contributed by atoms with Gasteiger partial charge in [0.2, 0.25) is 0 Å². The molecule has 1 rings (SSSR count). The number of carboxylic acids is 1. The van der Waals surface area contributed by atoms with Crippen molar-refractivity contribution in [1.82, 2.24) is 5.32 Å². The van der Waals surface area contributed by atoms with Crippen LogP contribution >= 0.6 is 0 Å². The summed E-state index contributed by atoms with van der Waals surface area (Å²) in [5, 5.41) is 29.3. The van der Waals surface area contributed by atoms with E-state index in [2.05, 4.69) is 5.32 Å². The molecule has 0 aromatic carbocycles. The molecule has 1 fully saturated rings. The Bertz CT molecular complexity index is 172. The van der Waals surface area contributed by atoms with Crippen LogP contribution in [0, 0.1) is 0 Å². The Kier molecular flexibility index (Phi) is 2.12. The molecule has 0 bridgehead atoms. The van der Waals surface area contributed by atoms with Gasteiger partial charge in [-0.2, -0.15) is 0 Å². The summed E-state index contributed by atoms with van der Waals surface area (Å²) in [7, 11) is 0. The van der Waals surface area contributed by atoms with Crippen molar-refractivity contribution in [3.63, 3.8) is 0 Å². The minimum Gasteiger partial charge on any atom is -0.480 e. The Labute approximate surface area is 63.7 Å². The molecule has 0 aromatic heterocycles. The predicted octanol–water partition coefficient (Wildman–Crippen LogP) is -1.85. The van der Waals surface area contributed by atoms with E-state index in [4.69, 9.17) is 15.3 Å². The van der Waals surface area contributed by atoms with Gasteiger partial charge in [-0.1, -0.05) is 0 Å². The quantitative estimate of drug-likeness (QED) is 0.362. The summed E-state index contributed by atoms with van der Waals surface area (Å²) in [4.78, 5) is 10.4. The molecule has 1 aliphatic heterocycles. The lowest BCUT2D eigenvalue weighted by atomic mass is 10.1. The van der Waals surface area contributed by atoms with Gasteiger partial charge in [0.15, 0.2) is 0 Å². The van der Waals surface area contributed by atoms with E-state index in [-0.39, 0.29) is 6.04 Å². The van der Waals surface area contributed by atoms with Gasteiger partial charge in [0.25, 0.3) is 0 Å². The van der Waals surface area contributed by atoms with Crippen molar-refractivity contribution in [2.75, 3.05) is 0 Å². The molecule has 0 radical (unpaired) electrons. The number of hydrogen-bond acceptors (Lipinski definition) is 4. The van der Waals surface area contributed by atoms with Crippen LogP contribution in [0.2, 0.25) is 0 Å². The molecule has 4 N–H and O–H groups in total. The van der Waals surface area contributed by atoms with E-state index in [1.165, 1.54) is 0 Å². The van der Waals surface area contributed by atoms with Gasteiger partial charge in [-0.05, 0) is 6.92 Å². The molecule has 11 heavy (non-hydrogen) atoms. The maximum Gasteiger partial charge on any atom is 0.323 e. The molecule has 0 saturated carbocycles. The summed E-state index contributed by atoms with van der Waals surface area (Å²) < 4.78 is 0. The SMILES string of the molecule is C[C@@H]1N[C@H](C(=O)O)[C@@H](O)[C@H]1O. The summed E-state index contributed by atoms with van der Waals surface area (Å²) in [6.45, 7) is 1.62. The molecule has 0 spiro atoms. The number of carbonyl (C=O) groups is 1. The second-order valence-electron chi connectivity index (χ2n) is 2.75. The zero-order valence-electron chi connectivity index (χ0n) is 6.06. The van der Waals surface area contributed by atoms with Crippen molar-refractivity contribution in [3.8, 4) is 0 Å². The normalized spacial score (nSPS) is 44.3. The van der Waals surface area contributed by atoms with Crippen molar-refractivity contribution < 1.29 is 20.1 Å². The molecule has 5 nitrogen and oxygen atoms in total. The molecule has 0 unspecified atom stereocenters. The predicted molar refractivity (Wildman–Crippen MR) is 36.0 cm³/mol. The van der Waals surface area contributed by atoms with Gasteiger partial charge < -0.3 is 15.3 Å². The van der Waals surface area contributed by atoms with Crippen LogP contribution in [0.1, 0.15) is 6.92 Å². The fourth-order valence-corrected chi connectivity index (χ4v) is 1.19. The van der Waals surface area contributed by atoms with Crippen LogP contribution in [0.25, 0.3) is 0 Å². The first-order valence-electron chi connectivity index (χ1n) is 3.39. The van der Waals surface area contributed by atoms with Crippen molar-refractivity contribution in [3.05, 3.63) is 0 Å². The van der Waals surface area contributed by atoms with Gasteiger partial charge in [-0.25, -0.2) is 0 Å². The van der Waals surface area contributed by atoms with Crippen molar-refractivity contribution in [2.24, 2.45) is 0 Å². The van der Waals surface area contributed by atoms with E-state index in [0.717, 1.165) is 0 Å². The molecular formula is C6H11NO4. The highest BCUT2D eigenvalue weighted by Crippen LogP contribution is 2.13. The Morgan fingerprint density at radius 1 is 1.36 bits per heavy atom. The van der Waals surface area contributed by atoms with E-state index in [9.17, 15) is 4.79 Å². The Hall–Kier alpha value is -0.650. The fraction of sp³-hybridized carbons (Fsp3) is 0.833. The number of aliphatic hydroxyl groups is 2. The maximum atomic E-state index is 10.4. The highest BCUT2D eigenvalue weighted by molar-refractivity contribution is 5.75. The van der Waals surface area contributed by atoms with Crippen LogP contribution < -0.4 is 5.32 Å². The van der Waals surface area contributed by atoms with Crippen LogP contribution in [0.3, 0.4) is 0 Å². The van der Waals surface area contributed by atoms with Crippen LogP contribution in [0.15, 0.2) is 0 Å². The number of nitrogens with one attached hydrogen (secondary N) is 1. The molecule has 4 atom stereocenters. The second kappa shape index (κ2) is 2.77. The molecule has 1 heterocycles. The number of aliphatic carboxylic acids is 1. The first kappa shape index (κ1) is 8.45. The third-order valence-corrected chi connectivity index (χ3v) is 1.91. The summed E-state index contributed by atoms with van der Waals surface area (Å²) in [5.41, 5.74) is 0. The molecule has 0 aromatic rings. The highest BCUT2D eigenvalue weighted by atomic mass is 16.4. The van der Waals surface area contributed by atoms with Gasteiger partial charge >= 0.3 is 5.97 Å². The molecule has 0 aliphatic carbocycles. The zero-order valence-corrected chi connectivity index (χ0v) is 6.06. The van der Waals surface area contributed by atoms with E-state index in [1.807, 2.05) is 0 Å². The van der Waals surface area contributed by atoms with Crippen LogP contribution in [0.5, 0.6) is 0 Å². The first-order chi connectivity index (χ1) is 5.04. The third-order valence-electron chi connectivity index (χ3n) is 1.91. The van der Waals surface area contributed by atoms with Gasteiger partial charge in [-0.3, -0.25) is 10.1 Å². The van der Waals surface area contributed by atoms with E-state index >= 15 is 0 Å².